The Labute approximate surface area is 117 Å². The average Bonchev–Trinajstić information content (AvgIpc) is 2.94. The van der Waals surface area contributed by atoms with Crippen molar-refractivity contribution in [2.45, 2.75) is 13.5 Å². The molecule has 0 aliphatic carbocycles. The molecular weight excluding hydrogens is 254 g/mol. The van der Waals surface area contributed by atoms with E-state index in [-0.39, 0.29) is 5.91 Å². The van der Waals surface area contributed by atoms with Gasteiger partial charge in [0.25, 0.3) is 5.91 Å². The molecule has 0 spiro atoms. The molecule has 0 saturated carbocycles. The highest BCUT2D eigenvalue weighted by molar-refractivity contribution is 5.97. The third-order valence-electron chi connectivity index (χ3n) is 2.92. The monoisotopic (exact) mass is 271 g/mol. The summed E-state index contributed by atoms with van der Waals surface area (Å²) in [6, 6.07) is 10.9. The van der Waals surface area contributed by atoms with Crippen molar-refractivity contribution in [2.75, 3.05) is 7.11 Å². The number of aryl methyl sites for hydroxylation is 1. The minimum absolute atomic E-state index is 0.298. The zero-order chi connectivity index (χ0) is 14.4. The molecular formula is C15H17N3O2. The molecule has 5 nitrogen and oxygen atoms in total. The standard InChI is InChI=1S/C15H17N3O2/c1-3-18-10-6-7-12(18)11-16-17-15(19)13-8-4-5-9-14(13)20-2/h4-11H,3H2,1-2H3,(H,17,19)/b16-11-. The summed E-state index contributed by atoms with van der Waals surface area (Å²) < 4.78 is 7.16. The van der Waals surface area contributed by atoms with E-state index in [0.717, 1.165) is 12.2 Å². The maximum absolute atomic E-state index is 12.0. The van der Waals surface area contributed by atoms with Crippen LogP contribution < -0.4 is 10.2 Å². The van der Waals surface area contributed by atoms with Gasteiger partial charge in [0, 0.05) is 12.7 Å². The van der Waals surface area contributed by atoms with Crippen molar-refractivity contribution in [3.05, 3.63) is 53.9 Å². The molecule has 0 bridgehead atoms. The molecule has 2 rings (SSSR count). The number of hydrogen-bond donors (Lipinski definition) is 1. The molecule has 0 radical (unpaired) electrons. The first-order valence-electron chi connectivity index (χ1n) is 6.37. The second-order valence-corrected chi connectivity index (χ2v) is 4.12. The van der Waals surface area contributed by atoms with E-state index in [1.54, 1.807) is 24.4 Å². The molecule has 1 heterocycles. The number of hydrazone groups is 1. The van der Waals surface area contributed by atoms with E-state index in [1.807, 2.05) is 35.9 Å². The van der Waals surface area contributed by atoms with Crippen LogP contribution in [0.25, 0.3) is 0 Å². The molecule has 0 aliphatic rings. The van der Waals surface area contributed by atoms with Crippen molar-refractivity contribution < 1.29 is 9.53 Å². The van der Waals surface area contributed by atoms with Crippen LogP contribution in [-0.4, -0.2) is 23.8 Å². The molecule has 0 aliphatic heterocycles. The first-order chi connectivity index (χ1) is 9.76. The zero-order valence-electron chi connectivity index (χ0n) is 11.5. The Morgan fingerprint density at radius 1 is 1.35 bits per heavy atom. The van der Waals surface area contributed by atoms with Crippen molar-refractivity contribution in [3.8, 4) is 5.75 Å². The maximum atomic E-state index is 12.0. The number of nitrogens with one attached hydrogen (secondary N) is 1. The second kappa shape index (κ2) is 6.56. The van der Waals surface area contributed by atoms with E-state index in [9.17, 15) is 4.79 Å². The fourth-order valence-electron chi connectivity index (χ4n) is 1.88. The Morgan fingerprint density at radius 3 is 2.90 bits per heavy atom. The van der Waals surface area contributed by atoms with Crippen molar-refractivity contribution in [2.24, 2.45) is 5.10 Å². The topological polar surface area (TPSA) is 55.6 Å². The first-order valence-corrected chi connectivity index (χ1v) is 6.37. The van der Waals surface area contributed by atoms with Crippen LogP contribution in [0.15, 0.2) is 47.7 Å². The number of ether oxygens (including phenoxy) is 1. The van der Waals surface area contributed by atoms with Crippen molar-refractivity contribution in [1.29, 1.82) is 0 Å². The summed E-state index contributed by atoms with van der Waals surface area (Å²) in [5.41, 5.74) is 3.89. The van der Waals surface area contributed by atoms with Crippen molar-refractivity contribution in [3.63, 3.8) is 0 Å². The summed E-state index contributed by atoms with van der Waals surface area (Å²) >= 11 is 0. The Balaban J connectivity index is 2.05. The van der Waals surface area contributed by atoms with Gasteiger partial charge in [-0.05, 0) is 31.2 Å². The van der Waals surface area contributed by atoms with Crippen LogP contribution in [0.3, 0.4) is 0 Å². The van der Waals surface area contributed by atoms with Gasteiger partial charge in [-0.3, -0.25) is 4.79 Å². The highest BCUT2D eigenvalue weighted by atomic mass is 16.5. The van der Waals surface area contributed by atoms with Gasteiger partial charge in [0.1, 0.15) is 5.75 Å². The van der Waals surface area contributed by atoms with Gasteiger partial charge in [-0.15, -0.1) is 0 Å². The van der Waals surface area contributed by atoms with Crippen molar-refractivity contribution in [1.82, 2.24) is 9.99 Å². The first kappa shape index (κ1) is 13.9. The summed E-state index contributed by atoms with van der Waals surface area (Å²) in [6.45, 7) is 2.90. The van der Waals surface area contributed by atoms with E-state index in [1.165, 1.54) is 7.11 Å². The minimum Gasteiger partial charge on any atom is -0.496 e. The second-order valence-electron chi connectivity index (χ2n) is 4.12. The molecule has 104 valence electrons. The van der Waals surface area contributed by atoms with Gasteiger partial charge in [-0.2, -0.15) is 5.10 Å². The molecule has 0 fully saturated rings. The third kappa shape index (κ3) is 3.06. The predicted octanol–water partition coefficient (Wildman–Crippen LogP) is 2.28. The number of nitrogens with zero attached hydrogens (tertiary/aromatic N) is 2. The molecule has 1 N–H and O–H groups in total. The minimum atomic E-state index is -0.298. The Kier molecular flexibility index (Phi) is 4.55. The van der Waals surface area contributed by atoms with Crippen LogP contribution >= 0.6 is 0 Å². The van der Waals surface area contributed by atoms with E-state index < -0.39 is 0 Å². The van der Waals surface area contributed by atoms with Crippen molar-refractivity contribution >= 4 is 12.1 Å². The lowest BCUT2D eigenvalue weighted by molar-refractivity contribution is 0.0952. The summed E-state index contributed by atoms with van der Waals surface area (Å²) in [5.74, 6) is 0.227. The van der Waals surface area contributed by atoms with Gasteiger partial charge in [0.05, 0.1) is 24.6 Å². The van der Waals surface area contributed by atoms with Crippen LogP contribution in [0.5, 0.6) is 5.75 Å². The SMILES string of the molecule is CCn1cccc1/C=N\NC(=O)c1ccccc1OC. The molecule has 1 aromatic heterocycles. The molecule has 5 heteroatoms. The highest BCUT2D eigenvalue weighted by Crippen LogP contribution is 2.16. The number of carbonyl (C=O) groups is 1. The van der Waals surface area contributed by atoms with Gasteiger partial charge in [-0.25, -0.2) is 5.43 Å². The zero-order valence-corrected chi connectivity index (χ0v) is 11.5. The molecule has 1 amide bonds. The average molecular weight is 271 g/mol. The van der Waals surface area contributed by atoms with Gasteiger partial charge in [-0.1, -0.05) is 12.1 Å². The summed E-state index contributed by atoms with van der Waals surface area (Å²) in [6.07, 6.45) is 3.58. The predicted molar refractivity (Wildman–Crippen MR) is 78.2 cm³/mol. The summed E-state index contributed by atoms with van der Waals surface area (Å²) in [5, 5.41) is 3.97. The number of para-hydroxylation sites is 1. The molecule has 0 unspecified atom stereocenters. The molecule has 20 heavy (non-hydrogen) atoms. The number of carbonyl (C=O) groups excluding carboxylic acids is 1. The summed E-state index contributed by atoms with van der Waals surface area (Å²) in [4.78, 5) is 12.0. The lowest BCUT2D eigenvalue weighted by Crippen LogP contribution is -2.18. The van der Waals surface area contributed by atoms with Gasteiger partial charge in [0.2, 0.25) is 0 Å². The maximum Gasteiger partial charge on any atom is 0.275 e. The fraction of sp³-hybridized carbons (Fsp3) is 0.200. The highest BCUT2D eigenvalue weighted by Gasteiger charge is 2.09. The third-order valence-corrected chi connectivity index (χ3v) is 2.92. The lowest BCUT2D eigenvalue weighted by Gasteiger charge is -2.06. The Bertz CT molecular complexity index is 617. The van der Waals surface area contributed by atoms with Crippen LogP contribution in [-0.2, 0) is 6.54 Å². The van der Waals surface area contributed by atoms with Gasteiger partial charge < -0.3 is 9.30 Å². The van der Waals surface area contributed by atoms with Crippen LogP contribution in [0, 0.1) is 0 Å². The number of rotatable bonds is 5. The number of aromatic nitrogens is 1. The Morgan fingerprint density at radius 2 is 2.15 bits per heavy atom. The smallest absolute Gasteiger partial charge is 0.275 e. The van der Waals surface area contributed by atoms with E-state index in [2.05, 4.69) is 10.5 Å². The summed E-state index contributed by atoms with van der Waals surface area (Å²) in [7, 11) is 1.53. The van der Waals surface area contributed by atoms with E-state index in [0.29, 0.717) is 11.3 Å². The van der Waals surface area contributed by atoms with E-state index >= 15 is 0 Å². The normalized spacial score (nSPS) is 10.7. The fourth-order valence-corrected chi connectivity index (χ4v) is 1.88. The number of benzene rings is 1. The van der Waals surface area contributed by atoms with Crippen LogP contribution in [0.2, 0.25) is 0 Å². The molecule has 0 atom stereocenters. The van der Waals surface area contributed by atoms with Crippen LogP contribution in [0.1, 0.15) is 23.0 Å². The van der Waals surface area contributed by atoms with Crippen LogP contribution in [0.4, 0.5) is 0 Å². The molecule has 0 saturated heterocycles. The van der Waals surface area contributed by atoms with Gasteiger partial charge >= 0.3 is 0 Å². The largest absolute Gasteiger partial charge is 0.496 e. The number of amides is 1. The number of hydrogen-bond acceptors (Lipinski definition) is 3. The lowest BCUT2D eigenvalue weighted by atomic mass is 10.2. The number of methoxy groups -OCH3 is 1. The molecule has 2 aromatic rings. The Hall–Kier alpha value is -2.56. The quantitative estimate of drug-likeness (QED) is 0.670. The van der Waals surface area contributed by atoms with Gasteiger partial charge in [0.15, 0.2) is 0 Å². The molecule has 1 aromatic carbocycles. The van der Waals surface area contributed by atoms with E-state index in [4.69, 9.17) is 4.74 Å².